The van der Waals surface area contributed by atoms with Gasteiger partial charge >= 0.3 is 6.03 Å². The summed E-state index contributed by atoms with van der Waals surface area (Å²) in [6.07, 6.45) is 5.19. The molecule has 0 saturated heterocycles. The van der Waals surface area contributed by atoms with Crippen LogP contribution in [0.1, 0.15) is 34.5 Å². The first-order valence-corrected chi connectivity index (χ1v) is 11.8. The fourth-order valence-corrected chi connectivity index (χ4v) is 4.67. The topological polar surface area (TPSA) is 185 Å². The van der Waals surface area contributed by atoms with E-state index in [1.54, 1.807) is 26.3 Å². The summed E-state index contributed by atoms with van der Waals surface area (Å²) < 4.78 is 5.03. The maximum absolute atomic E-state index is 13.5. The van der Waals surface area contributed by atoms with E-state index < -0.39 is 17.5 Å². The highest BCUT2D eigenvalue weighted by Crippen LogP contribution is 2.53. The SMILES string of the molecule is CN/C=C(\C=N)C(=O)NC12CC(C1)N(C(=O)Nc1cc(NCCOC)c(C#N)cn1)c1nc(C=O)ccc12. The van der Waals surface area contributed by atoms with Crippen LogP contribution in [0.5, 0.6) is 0 Å². The third-order valence-corrected chi connectivity index (χ3v) is 6.46. The van der Waals surface area contributed by atoms with Gasteiger partial charge in [-0.3, -0.25) is 19.8 Å². The van der Waals surface area contributed by atoms with Crippen molar-refractivity contribution in [3.8, 4) is 6.07 Å². The normalized spacial score (nSPS) is 19.2. The lowest BCUT2D eigenvalue weighted by Crippen LogP contribution is -2.67. The van der Waals surface area contributed by atoms with E-state index in [9.17, 15) is 19.6 Å². The number of anilines is 3. The van der Waals surface area contributed by atoms with Gasteiger partial charge in [0.25, 0.3) is 5.91 Å². The number of pyridine rings is 2. The highest BCUT2D eigenvalue weighted by atomic mass is 16.5. The lowest BCUT2D eigenvalue weighted by molar-refractivity contribution is -0.120. The van der Waals surface area contributed by atoms with Crippen molar-refractivity contribution in [3.05, 3.63) is 53.0 Å². The molecule has 0 aromatic carbocycles. The van der Waals surface area contributed by atoms with Crippen LogP contribution in [0.2, 0.25) is 0 Å². The van der Waals surface area contributed by atoms with E-state index in [1.165, 1.54) is 23.4 Å². The van der Waals surface area contributed by atoms with Crippen molar-refractivity contribution in [1.29, 1.82) is 10.7 Å². The molecule has 1 fully saturated rings. The van der Waals surface area contributed by atoms with Crippen molar-refractivity contribution >= 4 is 41.8 Å². The number of aromatic nitrogens is 2. The molecule has 2 bridgehead atoms. The van der Waals surface area contributed by atoms with Gasteiger partial charge in [0.2, 0.25) is 0 Å². The van der Waals surface area contributed by atoms with E-state index >= 15 is 0 Å². The van der Waals surface area contributed by atoms with Gasteiger partial charge in [0.05, 0.1) is 29.0 Å². The number of aldehydes is 1. The smallest absolute Gasteiger partial charge is 0.328 e. The Morgan fingerprint density at radius 1 is 1.37 bits per heavy atom. The molecule has 13 nitrogen and oxygen atoms in total. The van der Waals surface area contributed by atoms with Crippen molar-refractivity contribution in [2.45, 2.75) is 24.4 Å². The molecule has 1 aliphatic carbocycles. The Bertz CT molecular complexity index is 1340. The molecular weight excluding hydrogens is 490 g/mol. The third kappa shape index (κ3) is 4.89. The van der Waals surface area contributed by atoms with Crippen molar-refractivity contribution < 1.29 is 19.1 Å². The molecular formula is C25H27N9O4. The molecule has 5 N–H and O–H groups in total. The van der Waals surface area contributed by atoms with Gasteiger partial charge in [-0.1, -0.05) is 6.07 Å². The molecule has 1 saturated carbocycles. The molecule has 196 valence electrons. The Morgan fingerprint density at radius 2 is 2.16 bits per heavy atom. The molecule has 0 spiro atoms. The lowest BCUT2D eigenvalue weighted by Gasteiger charge is -2.57. The van der Waals surface area contributed by atoms with E-state index in [0.29, 0.717) is 49.1 Å². The van der Waals surface area contributed by atoms with Crippen LogP contribution in [0.15, 0.2) is 36.2 Å². The number of nitriles is 1. The zero-order chi connectivity index (χ0) is 27.3. The van der Waals surface area contributed by atoms with Gasteiger partial charge < -0.3 is 26.1 Å². The number of urea groups is 1. The van der Waals surface area contributed by atoms with Crippen LogP contribution in [-0.2, 0) is 15.1 Å². The zero-order valence-corrected chi connectivity index (χ0v) is 20.9. The van der Waals surface area contributed by atoms with Gasteiger partial charge in [-0.25, -0.2) is 14.8 Å². The Balaban J connectivity index is 1.62. The van der Waals surface area contributed by atoms with Crippen molar-refractivity contribution in [3.63, 3.8) is 0 Å². The number of hydrogen-bond acceptors (Lipinski definition) is 10. The monoisotopic (exact) mass is 517 g/mol. The first kappa shape index (κ1) is 26.2. The zero-order valence-electron chi connectivity index (χ0n) is 20.9. The standard InChI is InChI=1S/C25H27N9O4/c1-28-12-16(11-27)23(36)33-25-8-18(9-25)34(22-19(25)4-3-17(14-35)31-22)24(37)32-21-7-20(29-5-6-38-2)15(10-26)13-30-21/h3-4,7,11-14,18,27-28H,5-6,8-9H2,1-2H3,(H,33,36)(H2,29,30,32,37)/b16-12+,27-11?. The van der Waals surface area contributed by atoms with E-state index in [1.807, 2.05) is 0 Å². The predicted octanol–water partition coefficient (Wildman–Crippen LogP) is 1.50. The number of hydrogen-bond donors (Lipinski definition) is 5. The molecule has 2 aliphatic heterocycles. The van der Waals surface area contributed by atoms with E-state index in [4.69, 9.17) is 10.1 Å². The highest BCUT2D eigenvalue weighted by molar-refractivity contribution is 6.12. The van der Waals surface area contributed by atoms with E-state index in [0.717, 1.165) is 6.21 Å². The highest BCUT2D eigenvalue weighted by Gasteiger charge is 2.57. The second-order valence-electron chi connectivity index (χ2n) is 8.80. The summed E-state index contributed by atoms with van der Waals surface area (Å²) in [6, 6.07) is 6.03. The van der Waals surface area contributed by atoms with Gasteiger partial charge in [-0.2, -0.15) is 5.26 Å². The van der Waals surface area contributed by atoms with Crippen molar-refractivity contribution in [2.24, 2.45) is 0 Å². The fraction of sp³-hybridized carbons (Fsp3) is 0.320. The number of ether oxygens (including phenoxy) is 1. The first-order valence-electron chi connectivity index (χ1n) is 11.8. The van der Waals surface area contributed by atoms with Crippen LogP contribution in [0.25, 0.3) is 0 Å². The Labute approximate surface area is 218 Å². The van der Waals surface area contributed by atoms with E-state index in [-0.39, 0.29) is 28.9 Å². The van der Waals surface area contributed by atoms with Crippen LogP contribution in [0.3, 0.4) is 0 Å². The summed E-state index contributed by atoms with van der Waals surface area (Å²) in [4.78, 5) is 47.8. The average Bonchev–Trinajstić information content (AvgIpc) is 2.90. The number of methoxy groups -OCH3 is 1. The molecule has 5 rings (SSSR count). The lowest BCUT2D eigenvalue weighted by atomic mass is 9.64. The number of nitrogens with zero attached hydrogens (tertiary/aromatic N) is 4. The number of amides is 3. The fourth-order valence-electron chi connectivity index (χ4n) is 4.67. The minimum absolute atomic E-state index is 0.140. The Kier molecular flexibility index (Phi) is 7.63. The quantitative estimate of drug-likeness (QED) is 0.135. The third-order valence-electron chi connectivity index (χ3n) is 6.46. The second kappa shape index (κ2) is 11.1. The van der Waals surface area contributed by atoms with Gasteiger partial charge in [-0.05, 0) is 18.9 Å². The molecule has 2 aromatic heterocycles. The number of carbonyl (C=O) groups excluding carboxylic acids is 3. The van der Waals surface area contributed by atoms with Gasteiger partial charge in [0.1, 0.15) is 23.4 Å². The molecule has 2 aromatic rings. The molecule has 4 heterocycles. The molecule has 13 heteroatoms. The maximum atomic E-state index is 13.5. The van der Waals surface area contributed by atoms with Gasteiger partial charge in [0.15, 0.2) is 6.29 Å². The van der Waals surface area contributed by atoms with Crippen LogP contribution in [0, 0.1) is 16.7 Å². The first-order chi connectivity index (χ1) is 18.4. The summed E-state index contributed by atoms with van der Waals surface area (Å²) in [5.41, 5.74) is 0.904. The van der Waals surface area contributed by atoms with E-state index in [2.05, 4.69) is 37.3 Å². The Hall–Kier alpha value is -4.83. The molecule has 3 amide bonds. The maximum Gasteiger partial charge on any atom is 0.328 e. The summed E-state index contributed by atoms with van der Waals surface area (Å²) >= 11 is 0. The minimum Gasteiger partial charge on any atom is -0.393 e. The molecule has 0 unspecified atom stereocenters. The predicted molar refractivity (Wildman–Crippen MR) is 139 cm³/mol. The number of nitrogens with one attached hydrogen (secondary N) is 5. The summed E-state index contributed by atoms with van der Waals surface area (Å²) in [7, 11) is 3.20. The summed E-state index contributed by atoms with van der Waals surface area (Å²) in [6.45, 7) is 0.885. The largest absolute Gasteiger partial charge is 0.393 e. The summed E-state index contributed by atoms with van der Waals surface area (Å²) in [5, 5.41) is 28.5. The van der Waals surface area contributed by atoms with Crippen LogP contribution in [-0.4, -0.2) is 67.8 Å². The van der Waals surface area contributed by atoms with Crippen molar-refractivity contribution in [2.75, 3.05) is 42.8 Å². The number of rotatable bonds is 10. The minimum atomic E-state index is -0.788. The molecule has 38 heavy (non-hydrogen) atoms. The molecule has 3 aliphatic rings. The van der Waals surface area contributed by atoms with Crippen LogP contribution < -0.4 is 26.2 Å². The van der Waals surface area contributed by atoms with Gasteiger partial charge in [-0.15, -0.1) is 0 Å². The Morgan fingerprint density at radius 3 is 2.82 bits per heavy atom. The van der Waals surface area contributed by atoms with Crippen LogP contribution >= 0.6 is 0 Å². The summed E-state index contributed by atoms with van der Waals surface area (Å²) in [5.74, 6) is 0.0432. The van der Waals surface area contributed by atoms with Crippen molar-refractivity contribution in [1.82, 2.24) is 20.6 Å². The van der Waals surface area contributed by atoms with Gasteiger partial charge in [0, 0.05) is 57.0 Å². The van der Waals surface area contributed by atoms with Crippen LogP contribution in [0.4, 0.5) is 22.1 Å². The molecule has 0 atom stereocenters. The average molecular weight is 518 g/mol. The second-order valence-corrected chi connectivity index (χ2v) is 8.80. The number of carbonyl (C=O) groups is 3. The molecule has 0 radical (unpaired) electrons.